The minimum atomic E-state index is -0.746. The van der Waals surface area contributed by atoms with E-state index in [0.29, 0.717) is 23.6 Å². The number of ether oxygens (including phenoxy) is 2. The molecule has 5 fully saturated rings. The first-order chi connectivity index (χ1) is 16.0. The summed E-state index contributed by atoms with van der Waals surface area (Å²) in [5, 5.41) is 6.70. The number of rotatable bonds is 0. The third kappa shape index (κ3) is 2.19. The molecule has 6 aliphatic heterocycles. The molecule has 2 amide bonds. The van der Waals surface area contributed by atoms with Gasteiger partial charge >= 0.3 is 0 Å². The summed E-state index contributed by atoms with van der Waals surface area (Å²) >= 11 is 0. The first-order valence-electron chi connectivity index (χ1n) is 12.6. The standard InChI is InChI=1S/C27H33N3O4/c1-23(2)10-12-33-20-17(34-23)8-7-16-19(20)28-22(32)27(16)14-25-15-30-11-6-5-9-26(30,21(31)29-25)13-18(25)24(27,3)4/h7-8,10,12,18H,5-6,9,11,13-15H2,1-4H3,(H,28,32)(H,29,31)/t18-,25+,26-,27-/m0/s1. The van der Waals surface area contributed by atoms with Crippen LogP contribution in [0.3, 0.4) is 0 Å². The van der Waals surface area contributed by atoms with Gasteiger partial charge in [0.15, 0.2) is 11.5 Å². The van der Waals surface area contributed by atoms with Crippen LogP contribution >= 0.6 is 0 Å². The Labute approximate surface area is 200 Å². The lowest BCUT2D eigenvalue weighted by Gasteiger charge is -2.63. The number of amides is 2. The van der Waals surface area contributed by atoms with Gasteiger partial charge in [-0.15, -0.1) is 0 Å². The van der Waals surface area contributed by atoms with Crippen LogP contribution in [0.5, 0.6) is 11.5 Å². The van der Waals surface area contributed by atoms with Crippen LogP contribution in [0.25, 0.3) is 0 Å². The fourth-order valence-corrected chi connectivity index (χ4v) is 8.51. The van der Waals surface area contributed by atoms with E-state index in [9.17, 15) is 9.59 Å². The Bertz CT molecular complexity index is 1190. The summed E-state index contributed by atoms with van der Waals surface area (Å²) < 4.78 is 12.2. The highest BCUT2D eigenvalue weighted by Crippen LogP contribution is 2.70. The Morgan fingerprint density at radius 3 is 2.74 bits per heavy atom. The van der Waals surface area contributed by atoms with Crippen LogP contribution in [0.1, 0.15) is 65.4 Å². The van der Waals surface area contributed by atoms with Crippen molar-refractivity contribution < 1.29 is 19.1 Å². The minimum Gasteiger partial charge on any atom is -0.480 e. The number of piperazine rings is 1. The SMILES string of the molecule is CC1(C)C=COc2c(ccc3c2NC(=O)[C@]32C[C@@]34CN5CCCC[C@]5(C[C@H]3C2(C)C)C(=O)N4)O1. The number of hydrogen-bond acceptors (Lipinski definition) is 5. The summed E-state index contributed by atoms with van der Waals surface area (Å²) in [6.45, 7) is 10.2. The van der Waals surface area contributed by atoms with Crippen molar-refractivity contribution in [3.05, 3.63) is 30.0 Å². The first-order valence-corrected chi connectivity index (χ1v) is 12.6. The topological polar surface area (TPSA) is 79.9 Å². The maximum atomic E-state index is 14.0. The summed E-state index contributed by atoms with van der Waals surface area (Å²) in [6, 6.07) is 3.99. The van der Waals surface area contributed by atoms with Crippen molar-refractivity contribution in [2.45, 2.75) is 81.9 Å². The van der Waals surface area contributed by atoms with E-state index in [1.807, 2.05) is 32.1 Å². The number of fused-ring (bicyclic) bond motifs is 5. The number of nitrogens with one attached hydrogen (secondary N) is 2. The number of hydrogen-bond donors (Lipinski definition) is 2. The molecule has 1 aromatic carbocycles. The normalized spacial score (nSPS) is 40.3. The molecule has 2 N–H and O–H groups in total. The lowest BCUT2D eigenvalue weighted by atomic mass is 9.56. The number of carbonyl (C=O) groups excluding carboxylic acids is 2. The smallest absolute Gasteiger partial charge is 0.241 e. The van der Waals surface area contributed by atoms with E-state index >= 15 is 0 Å². The highest BCUT2D eigenvalue weighted by molar-refractivity contribution is 6.09. The van der Waals surface area contributed by atoms with Gasteiger partial charge in [-0.2, -0.15) is 0 Å². The van der Waals surface area contributed by atoms with Gasteiger partial charge in [-0.25, -0.2) is 0 Å². The highest BCUT2D eigenvalue weighted by atomic mass is 16.5. The second-order valence-electron chi connectivity index (χ2n) is 12.5. The predicted molar refractivity (Wildman–Crippen MR) is 127 cm³/mol. The molecule has 4 atom stereocenters. The Morgan fingerprint density at radius 2 is 1.91 bits per heavy atom. The summed E-state index contributed by atoms with van der Waals surface area (Å²) in [5.74, 6) is 1.60. The van der Waals surface area contributed by atoms with Crippen molar-refractivity contribution >= 4 is 17.5 Å². The Balaban J connectivity index is 1.39. The molecule has 34 heavy (non-hydrogen) atoms. The molecule has 0 radical (unpaired) electrons. The van der Waals surface area contributed by atoms with Crippen LogP contribution in [0.15, 0.2) is 24.5 Å². The van der Waals surface area contributed by atoms with Crippen LogP contribution in [-0.2, 0) is 15.0 Å². The predicted octanol–water partition coefficient (Wildman–Crippen LogP) is 3.48. The van der Waals surface area contributed by atoms with Crippen molar-refractivity contribution in [1.29, 1.82) is 0 Å². The molecule has 0 unspecified atom stereocenters. The molecule has 4 saturated heterocycles. The molecule has 3 spiro atoms. The van der Waals surface area contributed by atoms with E-state index in [4.69, 9.17) is 9.47 Å². The minimum absolute atomic E-state index is 0.00827. The van der Waals surface area contributed by atoms with Crippen LogP contribution in [0.4, 0.5) is 5.69 Å². The molecule has 0 aromatic heterocycles. The molecule has 1 aliphatic carbocycles. The number of nitrogens with zero attached hydrogens (tertiary/aromatic N) is 1. The summed E-state index contributed by atoms with van der Waals surface area (Å²) in [5.41, 5.74) is -0.726. The van der Waals surface area contributed by atoms with Gasteiger partial charge in [-0.05, 0) is 81.5 Å². The van der Waals surface area contributed by atoms with Gasteiger partial charge in [0, 0.05) is 6.54 Å². The maximum Gasteiger partial charge on any atom is 0.241 e. The van der Waals surface area contributed by atoms with Crippen LogP contribution in [-0.4, -0.2) is 46.5 Å². The Kier molecular flexibility index (Phi) is 3.66. The zero-order valence-electron chi connectivity index (χ0n) is 20.4. The average molecular weight is 464 g/mol. The second-order valence-corrected chi connectivity index (χ2v) is 12.5. The first kappa shape index (κ1) is 20.8. The van der Waals surface area contributed by atoms with Gasteiger partial charge in [-0.1, -0.05) is 19.9 Å². The van der Waals surface area contributed by atoms with Crippen molar-refractivity contribution in [3.8, 4) is 11.5 Å². The number of carbonyl (C=O) groups is 2. The third-order valence-electron chi connectivity index (χ3n) is 10.1. The maximum absolute atomic E-state index is 14.0. The largest absolute Gasteiger partial charge is 0.480 e. The van der Waals surface area contributed by atoms with Gasteiger partial charge in [0.1, 0.15) is 11.1 Å². The average Bonchev–Trinajstić information content (AvgIpc) is 3.07. The van der Waals surface area contributed by atoms with E-state index in [2.05, 4.69) is 29.4 Å². The lowest BCUT2D eigenvalue weighted by molar-refractivity contribution is -0.167. The molecular weight excluding hydrogens is 430 g/mol. The van der Waals surface area contributed by atoms with Gasteiger partial charge in [-0.3, -0.25) is 14.5 Å². The van der Waals surface area contributed by atoms with E-state index in [1.165, 1.54) is 0 Å². The molecule has 7 heteroatoms. The lowest BCUT2D eigenvalue weighted by Crippen LogP contribution is -2.80. The zero-order valence-corrected chi connectivity index (χ0v) is 20.4. The van der Waals surface area contributed by atoms with Gasteiger partial charge in [0.2, 0.25) is 11.8 Å². The van der Waals surface area contributed by atoms with E-state index in [-0.39, 0.29) is 23.1 Å². The molecular formula is C27H33N3O4. The van der Waals surface area contributed by atoms with Crippen molar-refractivity contribution in [2.24, 2.45) is 11.3 Å². The molecule has 7 aliphatic rings. The molecule has 1 aromatic rings. The van der Waals surface area contributed by atoms with Gasteiger partial charge in [0.05, 0.1) is 22.9 Å². The van der Waals surface area contributed by atoms with Gasteiger partial charge < -0.3 is 20.1 Å². The van der Waals surface area contributed by atoms with E-state index in [0.717, 1.165) is 44.3 Å². The molecule has 2 bridgehead atoms. The zero-order chi connectivity index (χ0) is 23.7. The van der Waals surface area contributed by atoms with Crippen molar-refractivity contribution in [2.75, 3.05) is 18.4 Å². The fraction of sp³-hybridized carbons (Fsp3) is 0.630. The second kappa shape index (κ2) is 5.99. The Morgan fingerprint density at radius 1 is 1.09 bits per heavy atom. The highest BCUT2D eigenvalue weighted by Gasteiger charge is 2.77. The summed E-state index contributed by atoms with van der Waals surface area (Å²) in [7, 11) is 0. The third-order valence-corrected chi connectivity index (χ3v) is 10.1. The van der Waals surface area contributed by atoms with Crippen molar-refractivity contribution in [3.63, 3.8) is 0 Å². The van der Waals surface area contributed by atoms with Crippen LogP contribution in [0, 0.1) is 11.3 Å². The van der Waals surface area contributed by atoms with Gasteiger partial charge in [0.25, 0.3) is 0 Å². The quantitative estimate of drug-likeness (QED) is 0.616. The van der Waals surface area contributed by atoms with Crippen LogP contribution in [0.2, 0.25) is 0 Å². The van der Waals surface area contributed by atoms with E-state index < -0.39 is 22.1 Å². The fourth-order valence-electron chi connectivity index (χ4n) is 8.51. The number of anilines is 1. The Hall–Kier alpha value is -2.54. The number of benzene rings is 1. The summed E-state index contributed by atoms with van der Waals surface area (Å²) in [6.07, 6.45) is 8.11. The monoisotopic (exact) mass is 463 g/mol. The molecule has 1 saturated carbocycles. The summed E-state index contributed by atoms with van der Waals surface area (Å²) in [4.78, 5) is 30.0. The molecule has 180 valence electrons. The van der Waals surface area contributed by atoms with Crippen LogP contribution < -0.4 is 20.1 Å². The molecule has 6 heterocycles. The van der Waals surface area contributed by atoms with E-state index in [1.54, 1.807) is 6.26 Å². The molecule has 8 rings (SSSR count). The molecule has 7 nitrogen and oxygen atoms in total. The number of piperidine rings is 3. The van der Waals surface area contributed by atoms with Crippen molar-refractivity contribution in [1.82, 2.24) is 10.2 Å².